The van der Waals surface area contributed by atoms with Gasteiger partial charge in [-0.1, -0.05) is 38.8 Å². The van der Waals surface area contributed by atoms with Gasteiger partial charge in [-0.25, -0.2) is 0 Å². The summed E-state index contributed by atoms with van der Waals surface area (Å²) in [4.78, 5) is 16.7. The van der Waals surface area contributed by atoms with E-state index in [1.54, 1.807) is 12.3 Å². The van der Waals surface area contributed by atoms with Gasteiger partial charge in [-0.15, -0.1) is 0 Å². The molecule has 1 saturated carbocycles. The molecule has 3 unspecified atom stereocenters. The van der Waals surface area contributed by atoms with Crippen molar-refractivity contribution in [3.63, 3.8) is 0 Å². The Bertz CT molecular complexity index is 699. The van der Waals surface area contributed by atoms with E-state index in [9.17, 15) is 9.90 Å². The number of aromatic hydroxyl groups is 1. The molecular weight excluding hydrogens is 276 g/mol. The molecule has 1 aromatic heterocycles. The van der Waals surface area contributed by atoms with Crippen molar-refractivity contribution in [1.29, 1.82) is 0 Å². The predicted molar refractivity (Wildman–Crippen MR) is 86.8 cm³/mol. The third kappa shape index (κ3) is 2.65. The molecule has 4 heteroatoms. The fraction of sp³-hybridized carbons (Fsp3) is 0.444. The quantitative estimate of drug-likeness (QED) is 0.892. The van der Waals surface area contributed by atoms with Crippen molar-refractivity contribution in [2.75, 3.05) is 0 Å². The number of pyridine rings is 1. The topological polar surface area (TPSA) is 62.2 Å². The average Bonchev–Trinajstić information content (AvgIpc) is 2.52. The van der Waals surface area contributed by atoms with E-state index in [-0.39, 0.29) is 17.7 Å². The number of phenolic OH excluding ortho intramolecular Hbond substituents is 1. The molecule has 1 fully saturated rings. The molecule has 1 amide bonds. The number of nitrogens with one attached hydrogen (secondary N) is 1. The Balaban J connectivity index is 1.85. The van der Waals surface area contributed by atoms with Gasteiger partial charge < -0.3 is 10.4 Å². The molecule has 116 valence electrons. The summed E-state index contributed by atoms with van der Waals surface area (Å²) in [6.07, 6.45) is 4.98. The number of aromatic nitrogens is 1. The third-order valence-corrected chi connectivity index (χ3v) is 5.02. The molecule has 0 spiro atoms. The van der Waals surface area contributed by atoms with Gasteiger partial charge in [0.2, 0.25) is 0 Å². The van der Waals surface area contributed by atoms with Gasteiger partial charge in [-0.3, -0.25) is 9.78 Å². The third-order valence-electron chi connectivity index (χ3n) is 5.02. The normalized spacial score (nSPS) is 25.1. The van der Waals surface area contributed by atoms with Gasteiger partial charge in [-0.2, -0.15) is 0 Å². The molecule has 3 atom stereocenters. The number of fused-ring (bicyclic) bond motifs is 1. The number of carbonyl (C=O) groups is 1. The van der Waals surface area contributed by atoms with E-state index in [4.69, 9.17) is 0 Å². The monoisotopic (exact) mass is 298 g/mol. The summed E-state index contributed by atoms with van der Waals surface area (Å²) in [5, 5.41) is 14.3. The first-order valence-corrected chi connectivity index (χ1v) is 7.95. The van der Waals surface area contributed by atoms with Crippen LogP contribution in [-0.2, 0) is 0 Å². The average molecular weight is 298 g/mol. The van der Waals surface area contributed by atoms with Crippen molar-refractivity contribution < 1.29 is 9.90 Å². The number of hydrogen-bond acceptors (Lipinski definition) is 3. The second-order valence-electron chi connectivity index (χ2n) is 6.38. The lowest BCUT2D eigenvalue weighted by Crippen LogP contribution is -2.43. The molecule has 22 heavy (non-hydrogen) atoms. The maximum Gasteiger partial charge on any atom is 0.255 e. The van der Waals surface area contributed by atoms with Crippen LogP contribution in [0.25, 0.3) is 10.9 Å². The SMILES string of the molecule is CC1CCCC(NC(=O)c2ccc3cccnc3c2O)C1C. The molecule has 3 rings (SSSR count). The van der Waals surface area contributed by atoms with Gasteiger partial charge in [0.1, 0.15) is 5.52 Å². The Kier molecular flexibility index (Phi) is 4.01. The van der Waals surface area contributed by atoms with Crippen LogP contribution in [0.4, 0.5) is 0 Å². The van der Waals surface area contributed by atoms with Crippen LogP contribution >= 0.6 is 0 Å². The van der Waals surface area contributed by atoms with E-state index in [0.717, 1.165) is 18.2 Å². The molecular formula is C18H22N2O2. The summed E-state index contributed by atoms with van der Waals surface area (Å²) in [6.45, 7) is 4.43. The summed E-state index contributed by atoms with van der Waals surface area (Å²) in [7, 11) is 0. The first kappa shape index (κ1) is 14.8. The molecule has 0 aliphatic heterocycles. The number of nitrogens with zero attached hydrogens (tertiary/aromatic N) is 1. The molecule has 2 aromatic rings. The van der Waals surface area contributed by atoms with Crippen LogP contribution in [0.3, 0.4) is 0 Å². The van der Waals surface area contributed by atoms with Gasteiger partial charge in [0.15, 0.2) is 5.75 Å². The lowest BCUT2D eigenvalue weighted by Gasteiger charge is -2.34. The van der Waals surface area contributed by atoms with Crippen LogP contribution in [0.1, 0.15) is 43.5 Å². The van der Waals surface area contributed by atoms with Gasteiger partial charge in [-0.05, 0) is 30.4 Å². The van der Waals surface area contributed by atoms with Gasteiger partial charge in [0.25, 0.3) is 5.91 Å². The Morgan fingerprint density at radius 2 is 2.09 bits per heavy atom. The molecule has 4 nitrogen and oxygen atoms in total. The van der Waals surface area contributed by atoms with Gasteiger partial charge in [0, 0.05) is 17.6 Å². The summed E-state index contributed by atoms with van der Waals surface area (Å²) in [5.41, 5.74) is 0.775. The fourth-order valence-corrected chi connectivity index (χ4v) is 3.34. The lowest BCUT2D eigenvalue weighted by atomic mass is 9.78. The number of hydrogen-bond donors (Lipinski definition) is 2. The Labute approximate surface area is 130 Å². The zero-order valence-corrected chi connectivity index (χ0v) is 13.0. The number of phenols is 1. The van der Waals surface area contributed by atoms with Crippen LogP contribution in [0.2, 0.25) is 0 Å². The van der Waals surface area contributed by atoms with E-state index >= 15 is 0 Å². The predicted octanol–water partition coefficient (Wildman–Crippen LogP) is 3.49. The smallest absolute Gasteiger partial charge is 0.255 e. The molecule has 0 bridgehead atoms. The highest BCUT2D eigenvalue weighted by atomic mass is 16.3. The van der Waals surface area contributed by atoms with Crippen LogP contribution in [-0.4, -0.2) is 22.0 Å². The standard InChI is InChI=1S/C18H22N2O2/c1-11-5-3-7-15(12(11)2)20-18(22)14-9-8-13-6-4-10-19-16(13)17(14)21/h4,6,8-12,15,21H,3,5,7H2,1-2H3,(H,20,22). The second-order valence-corrected chi connectivity index (χ2v) is 6.38. The van der Waals surface area contributed by atoms with Crippen LogP contribution < -0.4 is 5.32 Å². The summed E-state index contributed by atoms with van der Waals surface area (Å²) < 4.78 is 0. The number of rotatable bonds is 2. The lowest BCUT2D eigenvalue weighted by molar-refractivity contribution is 0.0888. The summed E-state index contributed by atoms with van der Waals surface area (Å²) >= 11 is 0. The number of benzene rings is 1. The van der Waals surface area contributed by atoms with Crippen molar-refractivity contribution in [3.05, 3.63) is 36.0 Å². The highest BCUT2D eigenvalue weighted by Crippen LogP contribution is 2.31. The van der Waals surface area contributed by atoms with Crippen molar-refractivity contribution in [1.82, 2.24) is 10.3 Å². The van der Waals surface area contributed by atoms with Gasteiger partial charge in [0.05, 0.1) is 5.56 Å². The zero-order valence-electron chi connectivity index (χ0n) is 13.0. The Hall–Kier alpha value is -2.10. The second kappa shape index (κ2) is 5.95. The number of carbonyl (C=O) groups excluding carboxylic acids is 1. The highest BCUT2D eigenvalue weighted by molar-refractivity contribution is 6.02. The van der Waals surface area contributed by atoms with E-state index < -0.39 is 0 Å². The molecule has 1 aromatic carbocycles. The van der Waals surface area contributed by atoms with Crippen LogP contribution in [0.5, 0.6) is 5.75 Å². The van der Waals surface area contributed by atoms with Crippen LogP contribution in [0.15, 0.2) is 30.5 Å². The minimum Gasteiger partial charge on any atom is -0.505 e. The molecule has 0 radical (unpaired) electrons. The summed E-state index contributed by atoms with van der Waals surface area (Å²) in [6, 6.07) is 7.35. The van der Waals surface area contributed by atoms with E-state index in [0.29, 0.717) is 22.9 Å². The van der Waals surface area contributed by atoms with Crippen molar-refractivity contribution in [3.8, 4) is 5.75 Å². The molecule has 1 aliphatic rings. The van der Waals surface area contributed by atoms with Gasteiger partial charge >= 0.3 is 0 Å². The zero-order chi connectivity index (χ0) is 15.7. The largest absolute Gasteiger partial charge is 0.505 e. The van der Waals surface area contributed by atoms with Crippen molar-refractivity contribution >= 4 is 16.8 Å². The Morgan fingerprint density at radius 3 is 2.91 bits per heavy atom. The minimum absolute atomic E-state index is 0.0351. The van der Waals surface area contributed by atoms with E-state index in [1.807, 2.05) is 18.2 Å². The first-order valence-electron chi connectivity index (χ1n) is 7.95. The highest BCUT2D eigenvalue weighted by Gasteiger charge is 2.29. The maximum atomic E-state index is 12.5. The minimum atomic E-state index is -0.212. The molecule has 0 saturated heterocycles. The molecule has 1 heterocycles. The molecule has 2 N–H and O–H groups in total. The maximum absolute atomic E-state index is 12.5. The van der Waals surface area contributed by atoms with Crippen molar-refractivity contribution in [2.45, 2.75) is 39.2 Å². The van der Waals surface area contributed by atoms with E-state index in [1.165, 1.54) is 6.42 Å². The molecule has 1 aliphatic carbocycles. The summed E-state index contributed by atoms with van der Waals surface area (Å²) in [5.74, 6) is 0.826. The number of amides is 1. The fourth-order valence-electron chi connectivity index (χ4n) is 3.34. The Morgan fingerprint density at radius 1 is 1.27 bits per heavy atom. The van der Waals surface area contributed by atoms with Crippen LogP contribution in [0, 0.1) is 11.8 Å². The first-order chi connectivity index (χ1) is 10.6. The van der Waals surface area contributed by atoms with Crippen molar-refractivity contribution in [2.24, 2.45) is 11.8 Å². The van der Waals surface area contributed by atoms with E-state index in [2.05, 4.69) is 24.1 Å².